The monoisotopic (exact) mass is 640 g/mol. The Morgan fingerprint density at radius 3 is 1.62 bits per heavy atom. The predicted molar refractivity (Wildman–Crippen MR) is 203 cm³/mol. The van der Waals surface area contributed by atoms with E-state index in [1.165, 1.54) is 5.39 Å². The Kier molecular flexibility index (Phi) is 6.42. The van der Waals surface area contributed by atoms with E-state index in [0.717, 1.165) is 71.9 Å². The second-order valence-electron chi connectivity index (χ2n) is 12.4. The topological polar surface area (TPSA) is 56.7 Å². The number of hydrogen-bond donors (Lipinski definition) is 0. The Morgan fingerprint density at radius 1 is 0.400 bits per heavy atom. The van der Waals surface area contributed by atoms with E-state index in [2.05, 4.69) is 102 Å². The van der Waals surface area contributed by atoms with E-state index in [0.29, 0.717) is 17.5 Å². The molecule has 0 saturated heterocycles. The Morgan fingerprint density at radius 2 is 0.960 bits per heavy atom. The number of rotatable bonds is 5. The molecule has 3 aromatic heterocycles. The predicted octanol–water partition coefficient (Wildman–Crippen LogP) is 11.5. The summed E-state index contributed by atoms with van der Waals surface area (Å²) in [6.45, 7) is 0. The fourth-order valence-corrected chi connectivity index (χ4v) is 7.20. The number of hydrogen-bond acceptors (Lipinski definition) is 4. The van der Waals surface area contributed by atoms with Gasteiger partial charge in [-0.15, -0.1) is 0 Å². The van der Waals surface area contributed by atoms with Crippen LogP contribution in [0.5, 0.6) is 0 Å². The molecule has 0 aliphatic carbocycles. The number of benzene rings is 7. The second kappa shape index (κ2) is 11.4. The van der Waals surface area contributed by atoms with E-state index in [4.69, 9.17) is 19.4 Å². The molecule has 0 bridgehead atoms. The Labute approximate surface area is 287 Å². The second-order valence-corrected chi connectivity index (χ2v) is 12.4. The van der Waals surface area contributed by atoms with Crippen molar-refractivity contribution in [1.82, 2.24) is 19.5 Å². The van der Waals surface area contributed by atoms with Crippen LogP contribution < -0.4 is 0 Å². The first-order valence-corrected chi connectivity index (χ1v) is 16.7. The number of fused-ring (bicyclic) bond motifs is 6. The molecule has 0 aliphatic heterocycles. The van der Waals surface area contributed by atoms with Crippen molar-refractivity contribution in [2.75, 3.05) is 0 Å². The highest BCUT2D eigenvalue weighted by Gasteiger charge is 2.23. The average Bonchev–Trinajstić information content (AvgIpc) is 3.72. The van der Waals surface area contributed by atoms with Crippen LogP contribution in [0, 0.1) is 0 Å². The molecular formula is C45H28N4O. The van der Waals surface area contributed by atoms with E-state index >= 15 is 0 Å². The lowest BCUT2D eigenvalue weighted by Crippen LogP contribution is -2.01. The summed E-state index contributed by atoms with van der Waals surface area (Å²) in [5, 5.41) is 4.32. The molecule has 7 aromatic carbocycles. The van der Waals surface area contributed by atoms with Crippen molar-refractivity contribution in [1.29, 1.82) is 0 Å². The first kappa shape index (κ1) is 28.2. The molecule has 0 N–H and O–H groups in total. The van der Waals surface area contributed by atoms with E-state index in [1.807, 2.05) is 72.8 Å². The third-order valence-corrected chi connectivity index (χ3v) is 9.45. The van der Waals surface area contributed by atoms with Crippen molar-refractivity contribution in [2.24, 2.45) is 0 Å². The molecule has 0 unspecified atom stereocenters. The van der Waals surface area contributed by atoms with Crippen molar-refractivity contribution in [2.45, 2.75) is 0 Å². The zero-order valence-corrected chi connectivity index (χ0v) is 26.9. The van der Waals surface area contributed by atoms with Gasteiger partial charge in [-0.25, -0.2) is 15.0 Å². The first-order chi connectivity index (χ1) is 24.8. The van der Waals surface area contributed by atoms with Crippen LogP contribution in [0.1, 0.15) is 0 Å². The Balaban J connectivity index is 1.33. The average molecular weight is 641 g/mol. The third kappa shape index (κ3) is 4.52. The fourth-order valence-electron chi connectivity index (χ4n) is 7.20. The summed E-state index contributed by atoms with van der Waals surface area (Å²) >= 11 is 0. The summed E-state index contributed by atoms with van der Waals surface area (Å²) in [7, 11) is 0. The maximum absolute atomic E-state index is 6.75. The van der Waals surface area contributed by atoms with Crippen LogP contribution in [0.4, 0.5) is 0 Å². The molecule has 0 radical (unpaired) electrons. The molecule has 50 heavy (non-hydrogen) atoms. The molecule has 3 heterocycles. The van der Waals surface area contributed by atoms with Gasteiger partial charge in [0.1, 0.15) is 11.2 Å². The number of furan rings is 1. The maximum atomic E-state index is 6.75. The summed E-state index contributed by atoms with van der Waals surface area (Å²) < 4.78 is 9.06. The zero-order valence-electron chi connectivity index (χ0n) is 26.9. The van der Waals surface area contributed by atoms with Gasteiger partial charge in [0, 0.05) is 50.0 Å². The standard InChI is InChI=1S/C45H28N4O/c1-5-15-29(16-6-1)33-25-26-39-41(42(33)45-47-43(30-17-7-2-8-18-30)46-44(48-45)31-19-9-3-10-20-31)36-27-35-34-23-13-14-24-37(34)49(32-21-11-4-12-22-32)38(35)28-40(36)50-39/h1-28H. The van der Waals surface area contributed by atoms with Gasteiger partial charge in [-0.1, -0.05) is 127 Å². The van der Waals surface area contributed by atoms with E-state index < -0.39 is 0 Å². The molecule has 5 heteroatoms. The lowest BCUT2D eigenvalue weighted by molar-refractivity contribution is 0.669. The van der Waals surface area contributed by atoms with Crippen LogP contribution in [0.15, 0.2) is 174 Å². The summed E-state index contributed by atoms with van der Waals surface area (Å²) in [5.41, 5.74) is 9.79. The highest BCUT2D eigenvalue weighted by molar-refractivity contribution is 6.21. The van der Waals surface area contributed by atoms with Gasteiger partial charge in [0.15, 0.2) is 17.5 Å². The van der Waals surface area contributed by atoms with Gasteiger partial charge in [-0.05, 0) is 47.5 Å². The fraction of sp³-hybridized carbons (Fsp3) is 0. The van der Waals surface area contributed by atoms with Crippen molar-refractivity contribution in [3.05, 3.63) is 170 Å². The molecule has 234 valence electrons. The van der Waals surface area contributed by atoms with E-state index in [-0.39, 0.29) is 0 Å². The largest absolute Gasteiger partial charge is 0.456 e. The zero-order chi connectivity index (χ0) is 33.0. The Hall–Kier alpha value is -6.85. The Bertz CT molecular complexity index is 2780. The third-order valence-electron chi connectivity index (χ3n) is 9.45. The quantitative estimate of drug-likeness (QED) is 0.188. The van der Waals surface area contributed by atoms with E-state index in [1.54, 1.807) is 0 Å². The summed E-state index contributed by atoms with van der Waals surface area (Å²) in [4.78, 5) is 15.4. The highest BCUT2D eigenvalue weighted by atomic mass is 16.3. The highest BCUT2D eigenvalue weighted by Crippen LogP contribution is 2.45. The molecule has 0 aliphatic rings. The minimum atomic E-state index is 0.594. The van der Waals surface area contributed by atoms with Crippen LogP contribution in [-0.4, -0.2) is 19.5 Å². The minimum absolute atomic E-state index is 0.594. The molecule has 0 saturated carbocycles. The summed E-state index contributed by atoms with van der Waals surface area (Å²) in [5.74, 6) is 1.83. The van der Waals surface area contributed by atoms with Crippen LogP contribution in [0.25, 0.3) is 94.7 Å². The van der Waals surface area contributed by atoms with Gasteiger partial charge in [-0.2, -0.15) is 0 Å². The van der Waals surface area contributed by atoms with Gasteiger partial charge in [0.2, 0.25) is 0 Å². The van der Waals surface area contributed by atoms with Gasteiger partial charge < -0.3 is 8.98 Å². The molecule has 0 fully saturated rings. The number of para-hydroxylation sites is 2. The van der Waals surface area contributed by atoms with Gasteiger partial charge in [0.25, 0.3) is 0 Å². The SMILES string of the molecule is c1ccc(-c2nc(-c3ccccc3)nc(-c3c(-c4ccccc4)ccc4oc5cc6c(cc5c34)c3ccccc3n6-c3ccccc3)n2)cc1. The van der Waals surface area contributed by atoms with Gasteiger partial charge in [-0.3, -0.25) is 0 Å². The molecule has 10 aromatic rings. The molecule has 0 atom stereocenters. The summed E-state index contributed by atoms with van der Waals surface area (Å²) in [6.07, 6.45) is 0. The minimum Gasteiger partial charge on any atom is -0.456 e. The number of nitrogens with zero attached hydrogens (tertiary/aromatic N) is 4. The van der Waals surface area contributed by atoms with Crippen molar-refractivity contribution in [3.63, 3.8) is 0 Å². The molecule has 5 nitrogen and oxygen atoms in total. The summed E-state index contributed by atoms with van der Waals surface area (Å²) in [6, 6.07) is 58.4. The van der Waals surface area contributed by atoms with Crippen molar-refractivity contribution in [3.8, 4) is 51.0 Å². The normalized spacial score (nSPS) is 11.6. The van der Waals surface area contributed by atoms with Crippen LogP contribution in [0.3, 0.4) is 0 Å². The lowest BCUT2D eigenvalue weighted by atomic mass is 9.94. The van der Waals surface area contributed by atoms with Crippen LogP contribution >= 0.6 is 0 Å². The lowest BCUT2D eigenvalue weighted by Gasteiger charge is -2.13. The van der Waals surface area contributed by atoms with Gasteiger partial charge >= 0.3 is 0 Å². The van der Waals surface area contributed by atoms with Crippen molar-refractivity contribution >= 4 is 43.7 Å². The molecular weight excluding hydrogens is 613 g/mol. The molecule has 0 spiro atoms. The smallest absolute Gasteiger partial charge is 0.165 e. The van der Waals surface area contributed by atoms with Gasteiger partial charge in [0.05, 0.1) is 11.0 Å². The first-order valence-electron chi connectivity index (χ1n) is 16.7. The maximum Gasteiger partial charge on any atom is 0.165 e. The van der Waals surface area contributed by atoms with Crippen LogP contribution in [-0.2, 0) is 0 Å². The van der Waals surface area contributed by atoms with Crippen molar-refractivity contribution < 1.29 is 4.42 Å². The van der Waals surface area contributed by atoms with E-state index in [9.17, 15) is 0 Å². The van der Waals surface area contributed by atoms with Crippen LogP contribution in [0.2, 0.25) is 0 Å². The molecule has 0 amide bonds. The molecule has 10 rings (SSSR count). The number of aromatic nitrogens is 4.